The molecule has 0 bridgehead atoms. The smallest absolute Gasteiger partial charge is 0.352 e. The Labute approximate surface area is 245 Å². The van der Waals surface area contributed by atoms with Gasteiger partial charge in [0.25, 0.3) is 0 Å². The van der Waals surface area contributed by atoms with Gasteiger partial charge in [-0.15, -0.1) is 0 Å². The van der Waals surface area contributed by atoms with Gasteiger partial charge in [-0.25, -0.2) is 13.2 Å². The Morgan fingerprint density at radius 1 is 1.02 bits per heavy atom. The number of ether oxygens (including phenoxy) is 1. The molecule has 0 amide bonds. The van der Waals surface area contributed by atoms with Crippen molar-refractivity contribution in [2.75, 3.05) is 19.4 Å². The molecule has 0 saturated carbocycles. The molecule has 0 radical (unpaired) electrons. The number of fused-ring (bicyclic) bond motifs is 3. The third kappa shape index (κ3) is 4.84. The molecule has 3 heterocycles. The molecule has 1 aliphatic heterocycles. The molecule has 0 atom stereocenters. The average Bonchev–Trinajstić information content (AvgIpc) is 3.43. The van der Waals surface area contributed by atoms with Crippen LogP contribution in [-0.2, 0) is 36.6 Å². The third-order valence-electron chi connectivity index (χ3n) is 8.27. The highest BCUT2D eigenvalue weighted by Gasteiger charge is 2.29. The minimum Gasteiger partial charge on any atom is -0.493 e. The third-order valence-corrected chi connectivity index (χ3v) is 10.2. The molecule has 5 aromatic rings. The van der Waals surface area contributed by atoms with Gasteiger partial charge in [0.05, 0.1) is 30.1 Å². The van der Waals surface area contributed by atoms with Crippen molar-refractivity contribution in [3.05, 3.63) is 83.3 Å². The first kappa shape index (κ1) is 28.0. The highest BCUT2D eigenvalue weighted by Crippen LogP contribution is 2.39. The second-order valence-electron chi connectivity index (χ2n) is 10.9. The largest absolute Gasteiger partial charge is 0.493 e. The maximum atomic E-state index is 13.1. The summed E-state index contributed by atoms with van der Waals surface area (Å²) in [5.41, 5.74) is 4.98. The normalized spacial score (nSPS) is 15.4. The number of aromatic nitrogens is 3. The molecule has 0 unspecified atom stereocenters. The Hall–Kier alpha value is -4.15. The fraction of sp³-hybridized carbons (Fsp3) is 0.312. The molecule has 3 aromatic carbocycles. The Morgan fingerprint density at radius 2 is 1.76 bits per heavy atom. The van der Waals surface area contributed by atoms with Gasteiger partial charge >= 0.3 is 5.97 Å². The van der Waals surface area contributed by atoms with E-state index in [1.165, 1.54) is 4.31 Å². The van der Waals surface area contributed by atoms with E-state index >= 15 is 0 Å². The Bertz CT molecular complexity index is 1930. The second-order valence-corrected chi connectivity index (χ2v) is 13.1. The molecule has 1 N–H and O–H groups in total. The SMILES string of the molecule is Cc1c2c(nn1C)CN(C)S(=O)(=O)CCCn1c(C(=O)O)c(CCCOc3cccc4ccccc34)c3cccc-2c31. The number of carboxylic acids is 1. The number of para-hydroxylation sites is 1. The monoisotopic (exact) mass is 586 g/mol. The van der Waals surface area contributed by atoms with Gasteiger partial charge in [0.15, 0.2) is 0 Å². The van der Waals surface area contributed by atoms with Crippen LogP contribution in [0.15, 0.2) is 60.7 Å². The predicted octanol–water partition coefficient (Wildman–Crippen LogP) is 5.38. The number of nitrogens with zero attached hydrogens (tertiary/aromatic N) is 4. The topological polar surface area (TPSA) is 107 Å². The minimum absolute atomic E-state index is 0.0836. The first-order valence-corrected chi connectivity index (χ1v) is 15.7. The lowest BCUT2D eigenvalue weighted by molar-refractivity contribution is 0.0684. The summed E-state index contributed by atoms with van der Waals surface area (Å²) in [6.45, 7) is 2.79. The number of aryl methyl sites for hydroxylation is 3. The Kier molecular flexibility index (Phi) is 7.28. The highest BCUT2D eigenvalue weighted by molar-refractivity contribution is 7.89. The van der Waals surface area contributed by atoms with Crippen molar-refractivity contribution < 1.29 is 23.1 Å². The van der Waals surface area contributed by atoms with Gasteiger partial charge in [0.2, 0.25) is 10.0 Å². The summed E-state index contributed by atoms with van der Waals surface area (Å²) in [6.07, 6.45) is 1.40. The fourth-order valence-electron chi connectivity index (χ4n) is 6.16. The molecule has 0 spiro atoms. The summed E-state index contributed by atoms with van der Waals surface area (Å²) < 4.78 is 37.3. The van der Waals surface area contributed by atoms with Gasteiger partial charge in [0.1, 0.15) is 11.4 Å². The summed E-state index contributed by atoms with van der Waals surface area (Å²) in [7, 11) is -0.147. The average molecular weight is 587 g/mol. The molecule has 0 saturated heterocycles. The Morgan fingerprint density at radius 3 is 2.57 bits per heavy atom. The van der Waals surface area contributed by atoms with Crippen LogP contribution in [0, 0.1) is 6.92 Å². The van der Waals surface area contributed by atoms with Crippen molar-refractivity contribution >= 4 is 37.7 Å². The number of carbonyl (C=O) groups is 1. The summed E-state index contributed by atoms with van der Waals surface area (Å²) in [5, 5.41) is 18.2. The van der Waals surface area contributed by atoms with Crippen LogP contribution in [0.1, 0.15) is 40.3 Å². The molecule has 0 aliphatic carbocycles. The van der Waals surface area contributed by atoms with E-state index in [0.717, 1.165) is 49.8 Å². The van der Waals surface area contributed by atoms with Crippen LogP contribution >= 0.6 is 0 Å². The van der Waals surface area contributed by atoms with Crippen molar-refractivity contribution in [1.29, 1.82) is 0 Å². The van der Waals surface area contributed by atoms with Gasteiger partial charge in [-0.05, 0) is 43.2 Å². The zero-order chi connectivity index (χ0) is 29.6. The van der Waals surface area contributed by atoms with Crippen molar-refractivity contribution in [3.8, 4) is 16.9 Å². The lowest BCUT2D eigenvalue weighted by Crippen LogP contribution is -2.29. The minimum atomic E-state index is -3.56. The predicted molar refractivity (Wildman–Crippen MR) is 163 cm³/mol. The molecule has 2 aromatic heterocycles. The molecule has 10 heteroatoms. The van der Waals surface area contributed by atoms with E-state index in [0.29, 0.717) is 31.6 Å². The lowest BCUT2D eigenvalue weighted by atomic mass is 9.98. The number of hydrogen-bond donors (Lipinski definition) is 1. The van der Waals surface area contributed by atoms with Crippen LogP contribution in [0.5, 0.6) is 5.75 Å². The zero-order valence-electron chi connectivity index (χ0n) is 24.0. The van der Waals surface area contributed by atoms with E-state index in [1.807, 2.05) is 79.2 Å². The molecule has 6 rings (SSSR count). The van der Waals surface area contributed by atoms with Gasteiger partial charge in [-0.2, -0.15) is 9.40 Å². The van der Waals surface area contributed by atoms with Crippen LogP contribution in [0.4, 0.5) is 0 Å². The zero-order valence-corrected chi connectivity index (χ0v) is 24.8. The van der Waals surface area contributed by atoms with Crippen LogP contribution in [-0.4, -0.2) is 57.6 Å². The van der Waals surface area contributed by atoms with E-state index in [1.54, 1.807) is 11.7 Å². The van der Waals surface area contributed by atoms with E-state index in [4.69, 9.17) is 4.74 Å². The highest BCUT2D eigenvalue weighted by atomic mass is 32.2. The van der Waals surface area contributed by atoms with E-state index < -0.39 is 16.0 Å². The van der Waals surface area contributed by atoms with E-state index in [-0.39, 0.29) is 24.5 Å². The standard InChI is InChI=1S/C32H34N4O5S/c1-21-29-26-14-7-13-24-25(15-8-18-41-28-16-6-11-22-10-4-5-12-23(22)28)31(32(37)38)36(30(24)26)17-9-19-42(39,40)34(2)20-27(29)33-35(21)3/h4-7,10-14,16H,8-9,15,17-20H2,1-3H3,(H,37,38). The van der Waals surface area contributed by atoms with Crippen molar-refractivity contribution in [2.24, 2.45) is 7.05 Å². The van der Waals surface area contributed by atoms with Crippen LogP contribution in [0.25, 0.3) is 32.8 Å². The molecule has 0 fully saturated rings. The maximum absolute atomic E-state index is 13.1. The van der Waals surface area contributed by atoms with Gasteiger partial charge in [0, 0.05) is 48.2 Å². The number of hydrogen-bond acceptors (Lipinski definition) is 5. The molecule has 1 aliphatic rings. The van der Waals surface area contributed by atoms with Gasteiger partial charge in [-0.1, -0.05) is 54.6 Å². The number of benzene rings is 3. The van der Waals surface area contributed by atoms with Gasteiger partial charge in [-0.3, -0.25) is 4.68 Å². The van der Waals surface area contributed by atoms with Crippen LogP contribution < -0.4 is 4.74 Å². The molecular formula is C32H34N4O5S. The first-order valence-electron chi connectivity index (χ1n) is 14.1. The van der Waals surface area contributed by atoms with E-state index in [9.17, 15) is 18.3 Å². The number of sulfonamides is 1. The quantitative estimate of drug-likeness (QED) is 0.268. The molecular weight excluding hydrogens is 552 g/mol. The Balaban J connectivity index is 1.43. The maximum Gasteiger partial charge on any atom is 0.352 e. The molecule has 218 valence electrons. The summed E-state index contributed by atoms with van der Waals surface area (Å²) in [5.74, 6) is -0.309. The van der Waals surface area contributed by atoms with E-state index in [2.05, 4.69) is 5.10 Å². The number of carboxylic acid groups (broad SMARTS) is 1. The van der Waals surface area contributed by atoms with Crippen LogP contribution in [0.2, 0.25) is 0 Å². The number of aromatic carboxylic acids is 1. The molecule has 9 nitrogen and oxygen atoms in total. The second kappa shape index (κ2) is 10.9. The van der Waals surface area contributed by atoms with Crippen molar-refractivity contribution in [3.63, 3.8) is 0 Å². The van der Waals surface area contributed by atoms with Crippen molar-refractivity contribution in [1.82, 2.24) is 18.7 Å². The number of rotatable bonds is 6. The molecule has 42 heavy (non-hydrogen) atoms. The van der Waals surface area contributed by atoms with Crippen LogP contribution in [0.3, 0.4) is 0 Å². The summed E-state index contributed by atoms with van der Waals surface area (Å²) in [4.78, 5) is 12.8. The van der Waals surface area contributed by atoms with Crippen molar-refractivity contribution in [2.45, 2.75) is 39.3 Å². The summed E-state index contributed by atoms with van der Waals surface area (Å²) in [6, 6.07) is 19.9. The fourth-order valence-corrected chi connectivity index (χ4v) is 7.29. The summed E-state index contributed by atoms with van der Waals surface area (Å²) >= 11 is 0. The first-order chi connectivity index (χ1) is 20.2. The lowest BCUT2D eigenvalue weighted by Gasteiger charge is -2.16. The van der Waals surface area contributed by atoms with Gasteiger partial charge < -0.3 is 14.4 Å².